The Morgan fingerprint density at radius 2 is 2.06 bits per heavy atom. The lowest BCUT2D eigenvalue weighted by Gasteiger charge is -2.02. The van der Waals surface area contributed by atoms with Crippen LogP contribution in [-0.4, -0.2) is 19.9 Å². The molecule has 0 aromatic carbocycles. The molecule has 0 spiro atoms. The molecular formula is C10H4ClFN4O2. The fourth-order valence-corrected chi connectivity index (χ4v) is 1.80. The largest absolute Gasteiger partial charge is 0.327 e. The molecule has 0 radical (unpaired) electrons. The average molecular weight is 267 g/mol. The summed E-state index contributed by atoms with van der Waals surface area (Å²) in [6, 6.07) is 1.39. The number of fused-ring (bicyclic) bond motifs is 2. The molecule has 0 saturated heterocycles. The van der Waals surface area contributed by atoms with Crippen LogP contribution in [0.15, 0.2) is 21.9 Å². The molecule has 6 nitrogen and oxygen atoms in total. The van der Waals surface area contributed by atoms with Crippen molar-refractivity contribution in [3.8, 4) is 0 Å². The van der Waals surface area contributed by atoms with Gasteiger partial charge < -0.3 is 0 Å². The highest BCUT2D eigenvalue weighted by Crippen LogP contribution is 2.21. The van der Waals surface area contributed by atoms with E-state index >= 15 is 0 Å². The summed E-state index contributed by atoms with van der Waals surface area (Å²) in [7, 11) is 0. The van der Waals surface area contributed by atoms with E-state index in [0.29, 0.717) is 5.39 Å². The lowest BCUT2D eigenvalue weighted by molar-refractivity contribution is 0.631. The highest BCUT2D eigenvalue weighted by Gasteiger charge is 2.11. The van der Waals surface area contributed by atoms with Gasteiger partial charge in [-0.15, -0.1) is 0 Å². The molecule has 0 unspecified atom stereocenters. The summed E-state index contributed by atoms with van der Waals surface area (Å²) in [6.07, 6.45) is 1.30. The fraction of sp³-hybridized carbons (Fsp3) is 0. The predicted octanol–water partition coefficient (Wildman–Crippen LogP) is 0.952. The Kier molecular flexibility index (Phi) is 2.17. The number of rotatable bonds is 0. The number of nitrogens with zero attached hydrogens (tertiary/aromatic N) is 2. The molecule has 3 aromatic heterocycles. The van der Waals surface area contributed by atoms with Crippen LogP contribution in [0.5, 0.6) is 0 Å². The van der Waals surface area contributed by atoms with Crippen molar-refractivity contribution in [1.82, 2.24) is 19.9 Å². The molecule has 3 heterocycles. The zero-order valence-corrected chi connectivity index (χ0v) is 9.38. The van der Waals surface area contributed by atoms with E-state index in [2.05, 4.69) is 19.9 Å². The summed E-state index contributed by atoms with van der Waals surface area (Å²) in [4.78, 5) is 34.5. The first-order valence-corrected chi connectivity index (χ1v) is 5.21. The van der Waals surface area contributed by atoms with Crippen molar-refractivity contribution < 1.29 is 4.39 Å². The Morgan fingerprint density at radius 3 is 2.83 bits per heavy atom. The van der Waals surface area contributed by atoms with Crippen molar-refractivity contribution >= 4 is 33.5 Å². The third-order valence-corrected chi connectivity index (χ3v) is 2.73. The highest BCUT2D eigenvalue weighted by atomic mass is 35.5. The lowest BCUT2D eigenvalue weighted by atomic mass is 10.2. The second-order valence-corrected chi connectivity index (χ2v) is 3.95. The number of nitrogens with one attached hydrogen (secondary N) is 2. The second kappa shape index (κ2) is 3.61. The second-order valence-electron chi connectivity index (χ2n) is 3.59. The monoisotopic (exact) mass is 266 g/mol. The van der Waals surface area contributed by atoms with Gasteiger partial charge in [-0.3, -0.25) is 14.8 Å². The zero-order chi connectivity index (χ0) is 12.9. The van der Waals surface area contributed by atoms with Gasteiger partial charge in [-0.1, -0.05) is 11.6 Å². The number of aromatic nitrogens is 4. The number of hydrogen-bond acceptors (Lipinski definition) is 4. The van der Waals surface area contributed by atoms with Crippen LogP contribution in [0.1, 0.15) is 0 Å². The predicted molar refractivity (Wildman–Crippen MR) is 63.3 cm³/mol. The standard InChI is InChI=1S/C10H4ClFN4O2/c11-7-5(12)6-3(2-13-7)1-4-8(14-6)15-10(18)16-9(4)17/h1-2H,(H2,14,15,16,17,18). The normalized spacial score (nSPS) is 11.2. The molecule has 8 heteroatoms. The molecule has 2 N–H and O–H groups in total. The zero-order valence-electron chi connectivity index (χ0n) is 8.62. The van der Waals surface area contributed by atoms with Gasteiger partial charge in [-0.25, -0.2) is 19.2 Å². The summed E-state index contributed by atoms with van der Waals surface area (Å²) in [6.45, 7) is 0. The highest BCUT2D eigenvalue weighted by molar-refractivity contribution is 6.30. The molecule has 0 bridgehead atoms. The minimum absolute atomic E-state index is 0.00239. The van der Waals surface area contributed by atoms with Crippen LogP contribution in [0.25, 0.3) is 21.9 Å². The van der Waals surface area contributed by atoms with Crippen LogP contribution in [0, 0.1) is 5.82 Å². The van der Waals surface area contributed by atoms with Gasteiger partial charge in [0.15, 0.2) is 11.0 Å². The average Bonchev–Trinajstić information content (AvgIpc) is 2.33. The van der Waals surface area contributed by atoms with E-state index in [1.807, 2.05) is 0 Å². The van der Waals surface area contributed by atoms with Gasteiger partial charge in [0.1, 0.15) is 11.2 Å². The Balaban J connectivity index is 2.60. The molecular weight excluding hydrogens is 263 g/mol. The number of pyridine rings is 2. The van der Waals surface area contributed by atoms with Crippen LogP contribution < -0.4 is 11.2 Å². The molecule has 0 atom stereocenters. The molecule has 0 amide bonds. The van der Waals surface area contributed by atoms with Gasteiger partial charge in [0.05, 0.1) is 5.39 Å². The first-order valence-electron chi connectivity index (χ1n) is 4.83. The molecule has 0 aliphatic heterocycles. The van der Waals surface area contributed by atoms with Crippen molar-refractivity contribution in [2.24, 2.45) is 0 Å². The maximum atomic E-state index is 13.7. The van der Waals surface area contributed by atoms with Gasteiger partial charge >= 0.3 is 5.69 Å². The van der Waals surface area contributed by atoms with Gasteiger partial charge in [-0.2, -0.15) is 0 Å². The topological polar surface area (TPSA) is 91.5 Å². The number of hydrogen-bond donors (Lipinski definition) is 2. The van der Waals surface area contributed by atoms with E-state index < -0.39 is 17.1 Å². The van der Waals surface area contributed by atoms with Crippen LogP contribution in [0.4, 0.5) is 4.39 Å². The quantitative estimate of drug-likeness (QED) is 0.468. The van der Waals surface area contributed by atoms with E-state index in [4.69, 9.17) is 11.6 Å². The Morgan fingerprint density at radius 1 is 1.28 bits per heavy atom. The third-order valence-electron chi connectivity index (χ3n) is 2.46. The maximum Gasteiger partial charge on any atom is 0.327 e. The molecule has 0 saturated carbocycles. The van der Waals surface area contributed by atoms with Crippen molar-refractivity contribution in [3.05, 3.63) is 44.1 Å². The first kappa shape index (κ1) is 10.8. The minimum atomic E-state index is -0.794. The molecule has 3 aromatic rings. The van der Waals surface area contributed by atoms with E-state index in [1.165, 1.54) is 12.3 Å². The molecule has 0 fully saturated rings. The van der Waals surface area contributed by atoms with Gasteiger partial charge in [-0.05, 0) is 6.07 Å². The van der Waals surface area contributed by atoms with E-state index in [-0.39, 0.29) is 21.7 Å². The molecule has 3 rings (SSSR count). The molecule has 90 valence electrons. The van der Waals surface area contributed by atoms with Crippen LogP contribution in [0.2, 0.25) is 5.15 Å². The summed E-state index contributed by atoms with van der Waals surface area (Å²) in [5.74, 6) is -0.794. The Labute approximate surface area is 102 Å². The van der Waals surface area contributed by atoms with E-state index in [9.17, 15) is 14.0 Å². The number of aromatic amines is 2. The summed E-state index contributed by atoms with van der Waals surface area (Å²) < 4.78 is 13.7. The van der Waals surface area contributed by atoms with Crippen molar-refractivity contribution in [1.29, 1.82) is 0 Å². The third kappa shape index (κ3) is 1.48. The van der Waals surface area contributed by atoms with Crippen molar-refractivity contribution in [2.45, 2.75) is 0 Å². The smallest absolute Gasteiger partial charge is 0.291 e. The first-order chi connectivity index (χ1) is 8.56. The molecule has 0 aliphatic carbocycles. The van der Waals surface area contributed by atoms with Crippen molar-refractivity contribution in [3.63, 3.8) is 0 Å². The SMILES string of the molecule is O=c1[nH]c(=O)c2cc3cnc(Cl)c(F)c3nc2[nH]1. The lowest BCUT2D eigenvalue weighted by Crippen LogP contribution is -2.22. The number of halogens is 2. The van der Waals surface area contributed by atoms with Gasteiger partial charge in [0.25, 0.3) is 5.56 Å². The summed E-state index contributed by atoms with van der Waals surface area (Å²) >= 11 is 5.54. The minimum Gasteiger partial charge on any atom is -0.291 e. The van der Waals surface area contributed by atoms with Crippen molar-refractivity contribution in [2.75, 3.05) is 0 Å². The van der Waals surface area contributed by atoms with Crippen LogP contribution >= 0.6 is 11.6 Å². The van der Waals surface area contributed by atoms with Gasteiger partial charge in [0.2, 0.25) is 0 Å². The summed E-state index contributed by atoms with van der Waals surface area (Å²) in [5, 5.41) is 0.147. The van der Waals surface area contributed by atoms with Gasteiger partial charge in [0, 0.05) is 11.6 Å². The Bertz CT molecular complexity index is 902. The molecule has 0 aliphatic rings. The number of H-pyrrole nitrogens is 2. The van der Waals surface area contributed by atoms with E-state index in [0.717, 1.165) is 0 Å². The van der Waals surface area contributed by atoms with Crippen LogP contribution in [0.3, 0.4) is 0 Å². The van der Waals surface area contributed by atoms with Crippen LogP contribution in [-0.2, 0) is 0 Å². The maximum absolute atomic E-state index is 13.7. The molecule has 18 heavy (non-hydrogen) atoms. The fourth-order valence-electron chi connectivity index (χ4n) is 1.66. The summed E-state index contributed by atoms with van der Waals surface area (Å²) in [5.41, 5.74) is -1.36. The van der Waals surface area contributed by atoms with E-state index in [1.54, 1.807) is 0 Å². The Hall–Kier alpha value is -2.28.